The third kappa shape index (κ3) is 2.79. The molecule has 0 aliphatic heterocycles. The zero-order chi connectivity index (χ0) is 13.4. The van der Waals surface area contributed by atoms with Crippen LogP contribution in [0.4, 0.5) is 5.82 Å². The van der Waals surface area contributed by atoms with E-state index in [4.69, 9.17) is 11.6 Å². The maximum Gasteiger partial charge on any atom is 0.273 e. The molecule has 1 fully saturated rings. The molecule has 0 aromatic carbocycles. The van der Waals surface area contributed by atoms with Crippen LogP contribution in [0, 0.1) is 0 Å². The van der Waals surface area contributed by atoms with Gasteiger partial charge in [0, 0.05) is 22.9 Å². The minimum Gasteiger partial charge on any atom is -0.339 e. The Balaban J connectivity index is 1.84. The van der Waals surface area contributed by atoms with Gasteiger partial charge in [-0.2, -0.15) is 0 Å². The van der Waals surface area contributed by atoms with Gasteiger partial charge in [0.25, 0.3) is 5.91 Å². The van der Waals surface area contributed by atoms with Gasteiger partial charge in [0.1, 0.15) is 11.5 Å². The number of nitrogens with zero attached hydrogens (tertiary/aromatic N) is 3. The molecular weight excluding hydrogens is 332 g/mol. The topological polar surface area (TPSA) is 59.8 Å². The lowest BCUT2D eigenvalue weighted by molar-refractivity contribution is 0.101. The maximum atomic E-state index is 12.2. The van der Waals surface area contributed by atoms with Gasteiger partial charge in [0.2, 0.25) is 5.28 Å². The summed E-state index contributed by atoms with van der Waals surface area (Å²) in [6.07, 6.45) is 5.65. The van der Waals surface area contributed by atoms with Crippen LogP contribution >= 0.6 is 27.5 Å². The lowest BCUT2D eigenvalue weighted by Crippen LogP contribution is -2.17. The van der Waals surface area contributed by atoms with E-state index in [0.29, 0.717) is 17.6 Å². The van der Waals surface area contributed by atoms with Crippen molar-refractivity contribution in [3.8, 4) is 0 Å². The highest BCUT2D eigenvalue weighted by molar-refractivity contribution is 9.10. The van der Waals surface area contributed by atoms with Crippen LogP contribution in [-0.2, 0) is 0 Å². The molecule has 0 atom stereocenters. The molecule has 0 radical (unpaired) electrons. The molecule has 1 saturated carbocycles. The second-order valence-corrected chi connectivity index (χ2v) is 5.60. The Bertz CT molecular complexity index is 638. The molecule has 0 spiro atoms. The first-order chi connectivity index (χ1) is 9.13. The highest BCUT2D eigenvalue weighted by Gasteiger charge is 2.27. The van der Waals surface area contributed by atoms with E-state index in [2.05, 4.69) is 31.2 Å². The number of carbonyl (C=O) groups is 1. The molecule has 19 heavy (non-hydrogen) atoms. The number of nitrogens with one attached hydrogen (secondary N) is 1. The van der Waals surface area contributed by atoms with Gasteiger partial charge in [-0.15, -0.1) is 0 Å². The van der Waals surface area contributed by atoms with Gasteiger partial charge in [-0.05, 0) is 52.5 Å². The number of anilines is 1. The first kappa shape index (κ1) is 12.6. The van der Waals surface area contributed by atoms with Crippen LogP contribution in [0.5, 0.6) is 0 Å². The molecule has 98 valence electrons. The third-order valence-corrected chi connectivity index (χ3v) is 3.47. The summed E-state index contributed by atoms with van der Waals surface area (Å²) in [6, 6.07) is 3.83. The lowest BCUT2D eigenvalue weighted by Gasteiger charge is -2.07. The van der Waals surface area contributed by atoms with Gasteiger partial charge in [-0.1, -0.05) is 0 Å². The molecule has 5 nitrogen and oxygen atoms in total. The molecule has 7 heteroatoms. The van der Waals surface area contributed by atoms with Crippen LogP contribution in [0.3, 0.4) is 0 Å². The molecule has 0 saturated heterocycles. The Kier molecular flexibility index (Phi) is 3.28. The van der Waals surface area contributed by atoms with E-state index in [0.717, 1.165) is 17.3 Å². The number of amides is 1. The molecular formula is C12H10BrClN4O. The van der Waals surface area contributed by atoms with E-state index in [-0.39, 0.29) is 11.2 Å². The van der Waals surface area contributed by atoms with Crippen molar-refractivity contribution in [3.05, 3.63) is 40.0 Å². The van der Waals surface area contributed by atoms with E-state index >= 15 is 0 Å². The van der Waals surface area contributed by atoms with Crippen LogP contribution in [0.2, 0.25) is 5.28 Å². The van der Waals surface area contributed by atoms with Crippen molar-refractivity contribution in [3.63, 3.8) is 0 Å². The van der Waals surface area contributed by atoms with Crippen LogP contribution in [0.25, 0.3) is 0 Å². The van der Waals surface area contributed by atoms with Crippen molar-refractivity contribution in [2.24, 2.45) is 0 Å². The Morgan fingerprint density at radius 2 is 2.32 bits per heavy atom. The number of hydrogen-bond donors (Lipinski definition) is 1. The summed E-state index contributed by atoms with van der Waals surface area (Å²) in [7, 11) is 0. The number of rotatable bonds is 3. The fraction of sp³-hybridized carbons (Fsp3) is 0.250. The number of hydrogen-bond acceptors (Lipinski definition) is 3. The average molecular weight is 342 g/mol. The normalized spacial score (nSPS) is 14.4. The molecule has 3 rings (SSSR count). The minimum atomic E-state index is -0.202. The fourth-order valence-electron chi connectivity index (χ4n) is 1.87. The molecule has 2 aromatic heterocycles. The van der Waals surface area contributed by atoms with Crippen molar-refractivity contribution in [2.45, 2.75) is 18.9 Å². The van der Waals surface area contributed by atoms with Crippen molar-refractivity contribution in [1.82, 2.24) is 14.5 Å². The monoisotopic (exact) mass is 340 g/mol. The van der Waals surface area contributed by atoms with Crippen molar-refractivity contribution >= 4 is 39.3 Å². The van der Waals surface area contributed by atoms with Crippen LogP contribution in [0.15, 0.2) is 29.0 Å². The summed E-state index contributed by atoms with van der Waals surface area (Å²) in [5, 5.41) is 2.83. The maximum absolute atomic E-state index is 12.2. The highest BCUT2D eigenvalue weighted by Crippen LogP contribution is 2.37. The van der Waals surface area contributed by atoms with Crippen LogP contribution < -0.4 is 5.32 Å². The summed E-state index contributed by atoms with van der Waals surface area (Å²) in [6.45, 7) is 0. The van der Waals surface area contributed by atoms with E-state index < -0.39 is 0 Å². The van der Waals surface area contributed by atoms with Crippen molar-refractivity contribution < 1.29 is 4.79 Å². The molecule has 0 unspecified atom stereocenters. The van der Waals surface area contributed by atoms with Gasteiger partial charge in [-0.25, -0.2) is 9.97 Å². The molecule has 1 N–H and O–H groups in total. The fourth-order valence-corrected chi connectivity index (χ4v) is 2.45. The largest absolute Gasteiger partial charge is 0.339 e. The highest BCUT2D eigenvalue weighted by atomic mass is 79.9. The number of halogens is 2. The Morgan fingerprint density at radius 1 is 1.53 bits per heavy atom. The minimum absolute atomic E-state index is 0.108. The molecule has 0 bridgehead atoms. The van der Waals surface area contributed by atoms with E-state index in [1.165, 1.54) is 6.20 Å². The quantitative estimate of drug-likeness (QED) is 0.872. The second kappa shape index (κ2) is 4.94. The second-order valence-electron chi connectivity index (χ2n) is 4.35. The van der Waals surface area contributed by atoms with Crippen molar-refractivity contribution in [1.29, 1.82) is 0 Å². The van der Waals surface area contributed by atoms with Gasteiger partial charge in [-0.3, -0.25) is 4.79 Å². The van der Waals surface area contributed by atoms with Crippen LogP contribution in [0.1, 0.15) is 29.4 Å². The van der Waals surface area contributed by atoms with Gasteiger partial charge in [0.05, 0.1) is 0 Å². The summed E-state index contributed by atoms with van der Waals surface area (Å²) in [5.41, 5.74) is 0.615. The smallest absolute Gasteiger partial charge is 0.273 e. The predicted molar refractivity (Wildman–Crippen MR) is 75.4 cm³/mol. The third-order valence-electron chi connectivity index (χ3n) is 2.86. The zero-order valence-corrected chi connectivity index (χ0v) is 12.1. The predicted octanol–water partition coefficient (Wildman–Crippen LogP) is 3.28. The zero-order valence-electron chi connectivity index (χ0n) is 9.81. The lowest BCUT2D eigenvalue weighted by atomic mass is 10.4. The number of aromatic nitrogens is 3. The first-order valence-corrected chi connectivity index (χ1v) is 6.98. The van der Waals surface area contributed by atoms with E-state index in [1.54, 1.807) is 12.1 Å². The number of carbonyl (C=O) groups excluding carboxylic acids is 1. The summed E-state index contributed by atoms with van der Waals surface area (Å²) in [5.74, 6) is 0.192. The Morgan fingerprint density at radius 3 is 3.00 bits per heavy atom. The molecule has 2 heterocycles. The first-order valence-electron chi connectivity index (χ1n) is 5.81. The Hall–Kier alpha value is -1.40. The summed E-state index contributed by atoms with van der Waals surface area (Å²) >= 11 is 9.08. The standard InChI is InChI=1S/C12H10BrClN4O/c13-7-5-9(18(6-7)8-1-2-8)11(19)16-10-3-4-15-12(14)17-10/h3-6,8H,1-2H2,(H,15,16,17,19). The molecule has 2 aromatic rings. The molecule has 1 amide bonds. The van der Waals surface area contributed by atoms with Crippen molar-refractivity contribution in [2.75, 3.05) is 5.32 Å². The SMILES string of the molecule is O=C(Nc1ccnc(Cl)n1)c1cc(Br)cn1C1CC1. The summed E-state index contributed by atoms with van der Waals surface area (Å²) < 4.78 is 2.88. The van der Waals surface area contributed by atoms with Gasteiger partial charge >= 0.3 is 0 Å². The van der Waals surface area contributed by atoms with Gasteiger partial charge in [0.15, 0.2) is 0 Å². The van der Waals surface area contributed by atoms with E-state index in [9.17, 15) is 4.79 Å². The average Bonchev–Trinajstić information content (AvgIpc) is 3.12. The van der Waals surface area contributed by atoms with Crippen LogP contribution in [-0.4, -0.2) is 20.4 Å². The van der Waals surface area contributed by atoms with Gasteiger partial charge < -0.3 is 9.88 Å². The summed E-state index contributed by atoms with van der Waals surface area (Å²) in [4.78, 5) is 19.9. The van der Waals surface area contributed by atoms with E-state index in [1.807, 2.05) is 10.8 Å². The Labute approximate surface area is 123 Å². The molecule has 1 aliphatic carbocycles. The molecule has 1 aliphatic rings.